The Morgan fingerprint density at radius 1 is 1.09 bits per heavy atom. The zero-order chi connectivity index (χ0) is 16.4. The van der Waals surface area contributed by atoms with Crippen molar-refractivity contribution in [2.75, 3.05) is 0 Å². The van der Waals surface area contributed by atoms with Crippen molar-refractivity contribution >= 4 is 10.8 Å². The van der Waals surface area contributed by atoms with E-state index >= 15 is 0 Å². The molecule has 23 heavy (non-hydrogen) atoms. The molecular weight excluding hydrogens is 288 g/mol. The molecule has 5 atom stereocenters. The smallest absolute Gasteiger partial charge is 0.106 e. The molecule has 0 radical (unpaired) electrons. The van der Waals surface area contributed by atoms with Crippen LogP contribution in [-0.4, -0.2) is 29.5 Å². The molecule has 2 aromatic rings. The lowest BCUT2D eigenvalue weighted by Gasteiger charge is -2.42. The lowest BCUT2D eigenvalue weighted by Crippen LogP contribution is -2.53. The highest BCUT2D eigenvalue weighted by Gasteiger charge is 2.40. The van der Waals surface area contributed by atoms with E-state index in [-0.39, 0.29) is 24.2 Å². The number of aliphatic hydroxyl groups is 1. The van der Waals surface area contributed by atoms with Crippen molar-refractivity contribution in [3.05, 3.63) is 48.0 Å². The summed E-state index contributed by atoms with van der Waals surface area (Å²) in [6, 6.07) is 14.7. The first-order valence-electron chi connectivity index (χ1n) is 8.53. The molecule has 3 heteroatoms. The molecule has 3 nitrogen and oxygen atoms in total. The van der Waals surface area contributed by atoms with E-state index in [1.54, 1.807) is 0 Å². The van der Waals surface area contributed by atoms with Gasteiger partial charge >= 0.3 is 0 Å². The minimum atomic E-state index is -0.576. The summed E-state index contributed by atoms with van der Waals surface area (Å²) in [5.74, 6) is 0.187. The molecule has 1 aliphatic heterocycles. The van der Waals surface area contributed by atoms with Crippen molar-refractivity contribution in [2.24, 2.45) is 5.92 Å². The minimum Gasteiger partial charge on any atom is -0.388 e. The van der Waals surface area contributed by atoms with Gasteiger partial charge in [-0.1, -0.05) is 50.2 Å². The van der Waals surface area contributed by atoms with Crippen LogP contribution in [-0.2, 0) is 16.1 Å². The third-order valence-electron chi connectivity index (χ3n) is 4.97. The Morgan fingerprint density at radius 3 is 2.57 bits per heavy atom. The lowest BCUT2D eigenvalue weighted by atomic mass is 9.87. The molecule has 3 rings (SSSR count). The largest absolute Gasteiger partial charge is 0.388 e. The number of hydrogen-bond donors (Lipinski definition) is 1. The predicted molar refractivity (Wildman–Crippen MR) is 92.3 cm³/mol. The fourth-order valence-corrected chi connectivity index (χ4v) is 3.51. The normalized spacial score (nSPS) is 31.4. The van der Waals surface area contributed by atoms with Gasteiger partial charge in [-0.05, 0) is 35.7 Å². The van der Waals surface area contributed by atoms with E-state index in [0.717, 1.165) is 12.0 Å². The molecule has 124 valence electrons. The van der Waals surface area contributed by atoms with E-state index < -0.39 is 6.10 Å². The van der Waals surface area contributed by atoms with E-state index in [1.165, 1.54) is 10.8 Å². The molecule has 0 aromatic heterocycles. The van der Waals surface area contributed by atoms with Crippen molar-refractivity contribution in [3.8, 4) is 0 Å². The summed E-state index contributed by atoms with van der Waals surface area (Å²) >= 11 is 0. The fourth-order valence-electron chi connectivity index (χ4n) is 3.51. The third kappa shape index (κ3) is 3.42. The van der Waals surface area contributed by atoms with Crippen LogP contribution in [0.1, 0.15) is 32.8 Å². The zero-order valence-corrected chi connectivity index (χ0v) is 14.1. The summed E-state index contributed by atoms with van der Waals surface area (Å²) in [6.45, 7) is 6.66. The average molecular weight is 314 g/mol. The van der Waals surface area contributed by atoms with Gasteiger partial charge in [0.25, 0.3) is 0 Å². The number of fused-ring (bicyclic) bond motifs is 1. The first kappa shape index (κ1) is 16.4. The fraction of sp³-hybridized carbons (Fsp3) is 0.500. The highest BCUT2D eigenvalue weighted by Crippen LogP contribution is 2.30. The molecule has 1 fully saturated rings. The van der Waals surface area contributed by atoms with E-state index in [0.29, 0.717) is 6.61 Å². The van der Waals surface area contributed by atoms with Gasteiger partial charge in [0.1, 0.15) is 6.10 Å². The molecule has 1 N–H and O–H groups in total. The third-order valence-corrected chi connectivity index (χ3v) is 4.97. The van der Waals surface area contributed by atoms with Gasteiger partial charge in [-0.15, -0.1) is 0 Å². The molecule has 2 aromatic carbocycles. The number of benzene rings is 2. The van der Waals surface area contributed by atoms with Crippen LogP contribution < -0.4 is 0 Å². The van der Waals surface area contributed by atoms with Crippen LogP contribution >= 0.6 is 0 Å². The Hall–Kier alpha value is -1.42. The van der Waals surface area contributed by atoms with Gasteiger partial charge in [-0.2, -0.15) is 0 Å². The van der Waals surface area contributed by atoms with Crippen LogP contribution in [0.4, 0.5) is 0 Å². The molecule has 1 saturated heterocycles. The van der Waals surface area contributed by atoms with Crippen LogP contribution in [0.25, 0.3) is 10.8 Å². The molecule has 0 spiro atoms. The first-order valence-corrected chi connectivity index (χ1v) is 8.53. The minimum absolute atomic E-state index is 0.148. The Labute approximate surface area is 138 Å². The second kappa shape index (κ2) is 7.00. The standard InChI is InChI=1S/C20H26O3/c1-4-18-13(2)20(19(21)14(3)23-18)22-12-15-9-10-16-7-5-6-8-17(16)11-15/h5-11,13-14,18-21H,4,12H2,1-3H3. The summed E-state index contributed by atoms with van der Waals surface area (Å²) in [7, 11) is 0. The zero-order valence-electron chi connectivity index (χ0n) is 14.1. The van der Waals surface area contributed by atoms with Crippen molar-refractivity contribution < 1.29 is 14.6 Å². The van der Waals surface area contributed by atoms with Crippen LogP contribution in [0.3, 0.4) is 0 Å². The van der Waals surface area contributed by atoms with Gasteiger partial charge in [0.2, 0.25) is 0 Å². The summed E-state index contributed by atoms with van der Waals surface area (Å²) in [4.78, 5) is 0. The van der Waals surface area contributed by atoms with Crippen LogP contribution in [0, 0.1) is 5.92 Å². The Balaban J connectivity index is 1.72. The summed E-state index contributed by atoms with van der Waals surface area (Å²) in [6.07, 6.45) is 0.143. The predicted octanol–water partition coefficient (Wildman–Crippen LogP) is 3.92. The van der Waals surface area contributed by atoms with Crippen molar-refractivity contribution in [1.29, 1.82) is 0 Å². The Morgan fingerprint density at radius 2 is 1.83 bits per heavy atom. The van der Waals surface area contributed by atoms with Crippen LogP contribution in [0.2, 0.25) is 0 Å². The van der Waals surface area contributed by atoms with Gasteiger partial charge in [-0.25, -0.2) is 0 Å². The van der Waals surface area contributed by atoms with Crippen LogP contribution in [0.15, 0.2) is 42.5 Å². The van der Waals surface area contributed by atoms with E-state index in [4.69, 9.17) is 9.47 Å². The van der Waals surface area contributed by atoms with Crippen LogP contribution in [0.5, 0.6) is 0 Å². The molecular formula is C20H26O3. The molecule has 1 heterocycles. The SMILES string of the molecule is CCC1OC(C)C(O)C(OCc2ccc3ccccc3c2)C1C. The maximum Gasteiger partial charge on any atom is 0.106 e. The topological polar surface area (TPSA) is 38.7 Å². The van der Waals surface area contributed by atoms with Crippen molar-refractivity contribution in [1.82, 2.24) is 0 Å². The summed E-state index contributed by atoms with van der Waals surface area (Å²) in [5.41, 5.74) is 1.13. The van der Waals surface area contributed by atoms with Gasteiger partial charge in [-0.3, -0.25) is 0 Å². The maximum absolute atomic E-state index is 10.4. The second-order valence-corrected chi connectivity index (χ2v) is 6.59. The lowest BCUT2D eigenvalue weighted by molar-refractivity contribution is -0.209. The van der Waals surface area contributed by atoms with Crippen molar-refractivity contribution in [2.45, 2.75) is 58.2 Å². The quantitative estimate of drug-likeness (QED) is 0.929. The van der Waals surface area contributed by atoms with E-state index in [1.807, 2.05) is 19.1 Å². The average Bonchev–Trinajstić information content (AvgIpc) is 2.58. The summed E-state index contributed by atoms with van der Waals surface area (Å²) < 4.78 is 12.0. The number of hydrogen-bond acceptors (Lipinski definition) is 3. The summed E-state index contributed by atoms with van der Waals surface area (Å²) in [5, 5.41) is 12.9. The molecule has 1 aliphatic rings. The maximum atomic E-state index is 10.4. The Bertz CT molecular complexity index is 654. The first-order chi connectivity index (χ1) is 11.1. The van der Waals surface area contributed by atoms with E-state index in [9.17, 15) is 5.11 Å². The van der Waals surface area contributed by atoms with E-state index in [2.05, 4.69) is 44.2 Å². The molecule has 0 saturated carbocycles. The highest BCUT2D eigenvalue weighted by molar-refractivity contribution is 5.82. The number of aliphatic hydroxyl groups excluding tert-OH is 1. The number of rotatable bonds is 4. The molecule has 0 amide bonds. The second-order valence-electron chi connectivity index (χ2n) is 6.59. The van der Waals surface area contributed by atoms with Gasteiger partial charge in [0.05, 0.1) is 24.9 Å². The monoisotopic (exact) mass is 314 g/mol. The van der Waals surface area contributed by atoms with Gasteiger partial charge in [0.15, 0.2) is 0 Å². The molecule has 0 aliphatic carbocycles. The number of ether oxygens (including phenoxy) is 2. The van der Waals surface area contributed by atoms with Crippen molar-refractivity contribution in [3.63, 3.8) is 0 Å². The highest BCUT2D eigenvalue weighted by atomic mass is 16.5. The molecule has 5 unspecified atom stereocenters. The Kier molecular flexibility index (Phi) is 5.00. The van der Waals surface area contributed by atoms with Gasteiger partial charge < -0.3 is 14.6 Å². The molecule has 0 bridgehead atoms. The van der Waals surface area contributed by atoms with Gasteiger partial charge in [0, 0.05) is 5.92 Å².